The van der Waals surface area contributed by atoms with Crippen molar-refractivity contribution in [1.82, 2.24) is 4.57 Å². The summed E-state index contributed by atoms with van der Waals surface area (Å²) in [6.45, 7) is 0.426. The maximum atomic E-state index is 12.9. The van der Waals surface area contributed by atoms with E-state index in [0.717, 1.165) is 11.6 Å². The molecule has 17 heavy (non-hydrogen) atoms. The third kappa shape index (κ3) is 2.02. The van der Waals surface area contributed by atoms with Gasteiger partial charge in [0.1, 0.15) is 0 Å². The minimum Gasteiger partial charge on any atom is -0.350 e. The van der Waals surface area contributed by atoms with Gasteiger partial charge in [0.25, 0.3) is 0 Å². The molecule has 0 amide bonds. The molecular formula is C12H13F3N2. The number of rotatable bonds is 2. The summed E-state index contributed by atoms with van der Waals surface area (Å²) in [6.07, 6.45) is -2.03. The number of nitrogens with zero attached hydrogens (tertiary/aromatic N) is 1. The van der Waals surface area contributed by atoms with Gasteiger partial charge in [-0.05, 0) is 24.6 Å². The van der Waals surface area contributed by atoms with Gasteiger partial charge in [0.15, 0.2) is 0 Å². The van der Waals surface area contributed by atoms with Crippen molar-refractivity contribution in [3.8, 4) is 0 Å². The fraction of sp³-hybridized carbons (Fsp3) is 0.333. The summed E-state index contributed by atoms with van der Waals surface area (Å²) in [7, 11) is 1.62. The minimum absolute atomic E-state index is 0.225. The number of hydrogen-bond acceptors (Lipinski definition) is 1. The van der Waals surface area contributed by atoms with E-state index in [1.54, 1.807) is 19.3 Å². The summed E-state index contributed by atoms with van der Waals surface area (Å²) in [5, 5.41) is 0.632. The molecular weight excluding hydrogens is 229 g/mol. The van der Waals surface area contributed by atoms with Crippen LogP contribution in [0.15, 0.2) is 24.4 Å². The molecule has 0 aliphatic rings. The SMILES string of the molecule is Cn1cc(CCN)c2cccc(C(F)(F)F)c21. The van der Waals surface area contributed by atoms with E-state index in [1.165, 1.54) is 10.6 Å². The molecule has 0 fully saturated rings. The summed E-state index contributed by atoms with van der Waals surface area (Å²) >= 11 is 0. The Kier molecular flexibility index (Phi) is 2.87. The van der Waals surface area contributed by atoms with E-state index in [-0.39, 0.29) is 5.52 Å². The Bertz CT molecular complexity index is 540. The summed E-state index contributed by atoms with van der Waals surface area (Å²) in [4.78, 5) is 0. The second-order valence-electron chi connectivity index (χ2n) is 4.00. The predicted octanol–water partition coefficient (Wildman–Crippen LogP) is 2.70. The first-order valence-corrected chi connectivity index (χ1v) is 5.29. The molecule has 2 aromatic rings. The van der Waals surface area contributed by atoms with Gasteiger partial charge in [0.2, 0.25) is 0 Å². The van der Waals surface area contributed by atoms with E-state index < -0.39 is 11.7 Å². The smallest absolute Gasteiger partial charge is 0.350 e. The molecule has 0 aliphatic carbocycles. The third-order valence-electron chi connectivity index (χ3n) is 2.80. The van der Waals surface area contributed by atoms with Crippen LogP contribution in [0.4, 0.5) is 13.2 Å². The molecule has 5 heteroatoms. The van der Waals surface area contributed by atoms with Crippen molar-refractivity contribution in [3.05, 3.63) is 35.5 Å². The standard InChI is InChI=1S/C12H13F3N2/c1-17-7-8(5-6-16)9-3-2-4-10(11(9)17)12(13,14)15/h2-4,7H,5-6,16H2,1H3. The molecule has 0 radical (unpaired) electrons. The van der Waals surface area contributed by atoms with Gasteiger partial charge >= 0.3 is 6.18 Å². The van der Waals surface area contributed by atoms with Gasteiger partial charge in [-0.1, -0.05) is 12.1 Å². The van der Waals surface area contributed by atoms with Crippen molar-refractivity contribution < 1.29 is 13.2 Å². The Balaban J connectivity index is 2.73. The minimum atomic E-state index is -4.33. The number of alkyl halides is 3. The molecule has 92 valence electrons. The lowest BCUT2D eigenvalue weighted by atomic mass is 10.1. The lowest BCUT2D eigenvalue weighted by molar-refractivity contribution is -0.136. The molecule has 2 nitrogen and oxygen atoms in total. The first-order chi connectivity index (χ1) is 7.95. The molecule has 1 aromatic heterocycles. The zero-order valence-electron chi connectivity index (χ0n) is 9.38. The van der Waals surface area contributed by atoms with Crippen molar-refractivity contribution in [2.45, 2.75) is 12.6 Å². The second kappa shape index (κ2) is 4.07. The molecule has 2 rings (SSSR count). The average molecular weight is 242 g/mol. The van der Waals surface area contributed by atoms with Crippen LogP contribution in [0.3, 0.4) is 0 Å². The fourth-order valence-electron chi connectivity index (χ4n) is 2.13. The van der Waals surface area contributed by atoms with Gasteiger partial charge in [-0.2, -0.15) is 13.2 Å². The number of para-hydroxylation sites is 1. The van der Waals surface area contributed by atoms with Crippen molar-refractivity contribution in [3.63, 3.8) is 0 Å². The molecule has 0 spiro atoms. The molecule has 0 bridgehead atoms. The summed E-state index contributed by atoms with van der Waals surface area (Å²) in [5.41, 5.74) is 5.94. The molecule has 0 saturated carbocycles. The van der Waals surface area contributed by atoms with Gasteiger partial charge < -0.3 is 10.3 Å². The zero-order chi connectivity index (χ0) is 12.6. The van der Waals surface area contributed by atoms with Gasteiger partial charge in [0, 0.05) is 18.6 Å². The molecule has 1 heterocycles. The van der Waals surface area contributed by atoms with Crippen LogP contribution in [0, 0.1) is 0 Å². The van der Waals surface area contributed by atoms with Gasteiger partial charge in [-0.25, -0.2) is 0 Å². The van der Waals surface area contributed by atoms with Crippen LogP contribution in [0.25, 0.3) is 10.9 Å². The summed E-state index contributed by atoms with van der Waals surface area (Å²) in [6, 6.07) is 4.25. The Morgan fingerprint density at radius 3 is 2.59 bits per heavy atom. The highest BCUT2D eigenvalue weighted by Gasteiger charge is 2.33. The average Bonchev–Trinajstić information content (AvgIpc) is 2.55. The van der Waals surface area contributed by atoms with Crippen molar-refractivity contribution in [2.75, 3.05) is 6.54 Å². The molecule has 2 N–H and O–H groups in total. The van der Waals surface area contributed by atoms with E-state index in [2.05, 4.69) is 0 Å². The van der Waals surface area contributed by atoms with Crippen LogP contribution in [-0.2, 0) is 19.6 Å². The highest BCUT2D eigenvalue weighted by Crippen LogP contribution is 2.36. The van der Waals surface area contributed by atoms with E-state index in [9.17, 15) is 13.2 Å². The first-order valence-electron chi connectivity index (χ1n) is 5.29. The zero-order valence-corrected chi connectivity index (χ0v) is 9.38. The molecule has 0 saturated heterocycles. The van der Waals surface area contributed by atoms with Crippen molar-refractivity contribution in [2.24, 2.45) is 12.8 Å². The van der Waals surface area contributed by atoms with Gasteiger partial charge in [-0.15, -0.1) is 0 Å². The highest BCUT2D eigenvalue weighted by atomic mass is 19.4. The lowest BCUT2D eigenvalue weighted by Crippen LogP contribution is -2.07. The topological polar surface area (TPSA) is 30.9 Å². The quantitative estimate of drug-likeness (QED) is 0.862. The molecule has 0 unspecified atom stereocenters. The second-order valence-corrected chi connectivity index (χ2v) is 4.00. The Labute approximate surface area is 96.8 Å². The maximum absolute atomic E-state index is 12.9. The van der Waals surface area contributed by atoms with Crippen LogP contribution >= 0.6 is 0 Å². The molecule has 0 atom stereocenters. The van der Waals surface area contributed by atoms with Crippen molar-refractivity contribution >= 4 is 10.9 Å². The van der Waals surface area contributed by atoms with E-state index in [0.29, 0.717) is 18.4 Å². The summed E-state index contributed by atoms with van der Waals surface area (Å²) < 4.78 is 40.1. The van der Waals surface area contributed by atoms with Crippen LogP contribution in [-0.4, -0.2) is 11.1 Å². The predicted molar refractivity (Wildman–Crippen MR) is 60.7 cm³/mol. The Morgan fingerprint density at radius 2 is 2.00 bits per heavy atom. The monoisotopic (exact) mass is 242 g/mol. The normalized spacial score (nSPS) is 12.3. The number of aryl methyl sites for hydroxylation is 1. The molecule has 0 aliphatic heterocycles. The number of aromatic nitrogens is 1. The fourth-order valence-corrected chi connectivity index (χ4v) is 2.13. The summed E-state index contributed by atoms with van der Waals surface area (Å²) in [5.74, 6) is 0. The Morgan fingerprint density at radius 1 is 1.29 bits per heavy atom. The van der Waals surface area contributed by atoms with Gasteiger partial charge in [-0.3, -0.25) is 0 Å². The maximum Gasteiger partial charge on any atom is 0.418 e. The van der Waals surface area contributed by atoms with E-state index in [1.807, 2.05) is 0 Å². The van der Waals surface area contributed by atoms with Crippen LogP contribution < -0.4 is 5.73 Å². The number of nitrogens with two attached hydrogens (primary N) is 1. The van der Waals surface area contributed by atoms with Gasteiger partial charge in [0.05, 0.1) is 11.1 Å². The number of hydrogen-bond donors (Lipinski definition) is 1. The third-order valence-corrected chi connectivity index (χ3v) is 2.80. The largest absolute Gasteiger partial charge is 0.418 e. The lowest BCUT2D eigenvalue weighted by Gasteiger charge is -2.09. The van der Waals surface area contributed by atoms with E-state index in [4.69, 9.17) is 5.73 Å². The van der Waals surface area contributed by atoms with Crippen LogP contribution in [0.2, 0.25) is 0 Å². The van der Waals surface area contributed by atoms with E-state index >= 15 is 0 Å². The van der Waals surface area contributed by atoms with Crippen LogP contribution in [0.1, 0.15) is 11.1 Å². The highest BCUT2D eigenvalue weighted by molar-refractivity contribution is 5.87. The number of halogens is 3. The number of benzene rings is 1. The number of fused-ring (bicyclic) bond motifs is 1. The van der Waals surface area contributed by atoms with Crippen LogP contribution in [0.5, 0.6) is 0 Å². The molecule has 1 aromatic carbocycles. The first kappa shape index (κ1) is 12.0. The Hall–Kier alpha value is -1.49. The van der Waals surface area contributed by atoms with Crippen molar-refractivity contribution in [1.29, 1.82) is 0 Å².